The summed E-state index contributed by atoms with van der Waals surface area (Å²) < 4.78 is 11.1. The smallest absolute Gasteiger partial charge is 0.198 e. The third-order valence-electron chi connectivity index (χ3n) is 4.18. The van der Waals surface area contributed by atoms with Gasteiger partial charge >= 0.3 is 0 Å². The first-order valence-corrected chi connectivity index (χ1v) is 7.82. The lowest BCUT2D eigenvalue weighted by atomic mass is 9.83. The number of hydrogen-bond donors (Lipinski definition) is 0. The number of hydrogen-bond acceptors (Lipinski definition) is 4. The lowest BCUT2D eigenvalue weighted by Crippen LogP contribution is -2.21. The Morgan fingerprint density at radius 2 is 1.32 bits per heavy atom. The Morgan fingerprint density at radius 3 is 2.08 bits per heavy atom. The molecule has 0 spiro atoms. The first-order valence-electron chi connectivity index (χ1n) is 7.82. The van der Waals surface area contributed by atoms with Crippen LogP contribution in [0.3, 0.4) is 0 Å². The van der Waals surface area contributed by atoms with Crippen molar-refractivity contribution in [3.05, 3.63) is 89.0 Å². The zero-order valence-electron chi connectivity index (χ0n) is 13.5. The summed E-state index contributed by atoms with van der Waals surface area (Å²) in [7, 11) is 1.57. The van der Waals surface area contributed by atoms with Crippen molar-refractivity contribution in [1.29, 1.82) is 0 Å². The number of carbonyl (C=O) groups excluding carboxylic acids is 2. The molecule has 1 aliphatic rings. The van der Waals surface area contributed by atoms with Crippen molar-refractivity contribution in [2.75, 3.05) is 7.11 Å². The molecular weight excluding hydrogens is 316 g/mol. The second kappa shape index (κ2) is 5.91. The molecule has 4 rings (SSSR count). The van der Waals surface area contributed by atoms with E-state index in [0.717, 1.165) is 0 Å². The average molecular weight is 330 g/mol. The van der Waals surface area contributed by atoms with Crippen LogP contribution < -0.4 is 9.47 Å². The van der Waals surface area contributed by atoms with Crippen molar-refractivity contribution in [2.45, 2.75) is 0 Å². The maximum atomic E-state index is 12.9. The van der Waals surface area contributed by atoms with Gasteiger partial charge in [0, 0.05) is 22.8 Å². The van der Waals surface area contributed by atoms with Crippen LogP contribution in [-0.4, -0.2) is 18.7 Å². The summed E-state index contributed by atoms with van der Waals surface area (Å²) in [6.45, 7) is 0. The monoisotopic (exact) mass is 330 g/mol. The van der Waals surface area contributed by atoms with Gasteiger partial charge in [-0.1, -0.05) is 42.5 Å². The number of methoxy groups -OCH3 is 1. The summed E-state index contributed by atoms with van der Waals surface area (Å²) in [6.07, 6.45) is 0. The average Bonchev–Trinajstić information content (AvgIpc) is 2.66. The maximum Gasteiger partial charge on any atom is 0.198 e. The lowest BCUT2D eigenvalue weighted by molar-refractivity contribution is 0.0977. The van der Waals surface area contributed by atoms with E-state index in [0.29, 0.717) is 39.5 Å². The molecule has 1 aliphatic carbocycles. The van der Waals surface area contributed by atoms with Gasteiger partial charge in [-0.2, -0.15) is 0 Å². The summed E-state index contributed by atoms with van der Waals surface area (Å²) in [5, 5.41) is 0. The molecule has 0 unspecified atom stereocenters. The Bertz CT molecular complexity index is 1000. The fourth-order valence-corrected chi connectivity index (χ4v) is 2.99. The van der Waals surface area contributed by atoms with Crippen LogP contribution in [0.5, 0.6) is 17.2 Å². The molecule has 0 atom stereocenters. The summed E-state index contributed by atoms with van der Waals surface area (Å²) in [6, 6.07) is 19.0. The molecule has 0 saturated carbocycles. The minimum Gasteiger partial charge on any atom is -0.497 e. The highest BCUT2D eigenvalue weighted by atomic mass is 16.5. The van der Waals surface area contributed by atoms with Crippen LogP contribution in [0.4, 0.5) is 0 Å². The minimum atomic E-state index is -0.205. The van der Waals surface area contributed by atoms with E-state index in [1.165, 1.54) is 0 Å². The van der Waals surface area contributed by atoms with Gasteiger partial charge in [-0.15, -0.1) is 0 Å². The predicted octanol–water partition coefficient (Wildman–Crippen LogP) is 4.26. The number of ketones is 2. The van der Waals surface area contributed by atoms with Crippen LogP contribution >= 0.6 is 0 Å². The Labute approximate surface area is 144 Å². The molecule has 122 valence electrons. The third kappa shape index (κ3) is 2.48. The molecule has 0 N–H and O–H groups in total. The van der Waals surface area contributed by atoms with Crippen molar-refractivity contribution < 1.29 is 19.1 Å². The Hall–Kier alpha value is -3.40. The number of fused-ring (bicyclic) bond motifs is 2. The van der Waals surface area contributed by atoms with Gasteiger partial charge in [-0.25, -0.2) is 0 Å². The standard InChI is InChI=1S/C21H14O4/c1-24-13-6-4-7-14(12-13)25-18-11-5-10-17-19(18)21(23)16-9-3-2-8-15(16)20(17)22/h2-12H,1H3. The maximum absolute atomic E-state index is 12.9. The molecule has 0 aliphatic heterocycles. The summed E-state index contributed by atoms with van der Waals surface area (Å²) in [4.78, 5) is 25.7. The van der Waals surface area contributed by atoms with E-state index in [2.05, 4.69) is 0 Å². The molecule has 3 aromatic carbocycles. The van der Waals surface area contributed by atoms with E-state index < -0.39 is 0 Å². The van der Waals surface area contributed by atoms with E-state index >= 15 is 0 Å². The topological polar surface area (TPSA) is 52.6 Å². The van der Waals surface area contributed by atoms with Crippen molar-refractivity contribution in [1.82, 2.24) is 0 Å². The second-order valence-corrected chi connectivity index (χ2v) is 5.66. The molecule has 0 fully saturated rings. The van der Waals surface area contributed by atoms with E-state index in [-0.39, 0.29) is 11.6 Å². The highest BCUT2D eigenvalue weighted by Gasteiger charge is 2.32. The summed E-state index contributed by atoms with van der Waals surface area (Å²) in [5.74, 6) is 1.17. The molecule has 0 radical (unpaired) electrons. The SMILES string of the molecule is COc1cccc(Oc2cccc3c2C(=O)c2ccccc2C3=O)c1. The normalized spacial score (nSPS) is 12.4. The van der Waals surface area contributed by atoms with Crippen LogP contribution in [0.15, 0.2) is 66.7 Å². The predicted molar refractivity (Wildman–Crippen MR) is 92.8 cm³/mol. The third-order valence-corrected chi connectivity index (χ3v) is 4.18. The molecule has 4 nitrogen and oxygen atoms in total. The highest BCUT2D eigenvalue weighted by molar-refractivity contribution is 6.29. The summed E-state index contributed by atoms with van der Waals surface area (Å²) in [5.41, 5.74) is 1.50. The number of benzene rings is 3. The first-order chi connectivity index (χ1) is 12.2. The van der Waals surface area contributed by atoms with Gasteiger partial charge in [-0.3, -0.25) is 9.59 Å². The fraction of sp³-hybridized carbons (Fsp3) is 0.0476. The van der Waals surface area contributed by atoms with Crippen molar-refractivity contribution in [2.24, 2.45) is 0 Å². The van der Waals surface area contributed by atoms with E-state index in [1.54, 1.807) is 73.8 Å². The van der Waals surface area contributed by atoms with Gasteiger partial charge in [0.15, 0.2) is 11.6 Å². The fourth-order valence-electron chi connectivity index (χ4n) is 2.99. The van der Waals surface area contributed by atoms with Crippen LogP contribution in [-0.2, 0) is 0 Å². The Kier molecular flexibility index (Phi) is 3.58. The second-order valence-electron chi connectivity index (χ2n) is 5.66. The quantitative estimate of drug-likeness (QED) is 0.563. The highest BCUT2D eigenvalue weighted by Crippen LogP contribution is 2.35. The van der Waals surface area contributed by atoms with Crippen molar-refractivity contribution >= 4 is 11.6 Å². The van der Waals surface area contributed by atoms with Crippen LogP contribution in [0.2, 0.25) is 0 Å². The number of carbonyl (C=O) groups is 2. The van der Waals surface area contributed by atoms with Crippen LogP contribution in [0.25, 0.3) is 0 Å². The van der Waals surface area contributed by atoms with Gasteiger partial charge in [-0.05, 0) is 18.2 Å². The van der Waals surface area contributed by atoms with Gasteiger partial charge < -0.3 is 9.47 Å². The van der Waals surface area contributed by atoms with E-state index in [9.17, 15) is 9.59 Å². The van der Waals surface area contributed by atoms with Crippen molar-refractivity contribution in [3.63, 3.8) is 0 Å². The Balaban J connectivity index is 1.82. The zero-order valence-corrected chi connectivity index (χ0v) is 13.5. The molecule has 0 saturated heterocycles. The summed E-state index contributed by atoms with van der Waals surface area (Å²) >= 11 is 0. The number of rotatable bonds is 3. The van der Waals surface area contributed by atoms with E-state index in [1.807, 2.05) is 0 Å². The van der Waals surface area contributed by atoms with Crippen LogP contribution in [0, 0.1) is 0 Å². The first kappa shape index (κ1) is 15.1. The minimum absolute atomic E-state index is 0.165. The Morgan fingerprint density at radius 1 is 0.680 bits per heavy atom. The molecule has 0 aromatic heterocycles. The number of ether oxygens (including phenoxy) is 2. The van der Waals surface area contributed by atoms with Gasteiger partial charge in [0.05, 0.1) is 12.7 Å². The molecule has 25 heavy (non-hydrogen) atoms. The van der Waals surface area contributed by atoms with E-state index in [4.69, 9.17) is 9.47 Å². The molecule has 4 heteroatoms. The lowest BCUT2D eigenvalue weighted by Gasteiger charge is -2.20. The van der Waals surface area contributed by atoms with Gasteiger partial charge in [0.25, 0.3) is 0 Å². The van der Waals surface area contributed by atoms with Gasteiger partial charge in [0.2, 0.25) is 0 Å². The van der Waals surface area contributed by atoms with Crippen molar-refractivity contribution in [3.8, 4) is 17.2 Å². The zero-order chi connectivity index (χ0) is 17.4. The molecular formula is C21H14O4. The molecule has 0 amide bonds. The van der Waals surface area contributed by atoms with Crippen LogP contribution in [0.1, 0.15) is 31.8 Å². The molecule has 0 heterocycles. The largest absolute Gasteiger partial charge is 0.497 e. The van der Waals surface area contributed by atoms with Gasteiger partial charge in [0.1, 0.15) is 17.2 Å². The molecule has 0 bridgehead atoms. The molecule has 3 aromatic rings.